The van der Waals surface area contributed by atoms with Crippen LogP contribution in [0.3, 0.4) is 0 Å². The third-order valence-electron chi connectivity index (χ3n) is 6.99. The van der Waals surface area contributed by atoms with Crippen LogP contribution in [0.4, 0.5) is 4.79 Å². The topological polar surface area (TPSA) is 53.1 Å². The Kier molecular flexibility index (Phi) is 4.11. The van der Waals surface area contributed by atoms with Crippen molar-refractivity contribution in [3.8, 4) is 0 Å². The lowest BCUT2D eigenvalue weighted by Gasteiger charge is -2.51. The van der Waals surface area contributed by atoms with Crippen molar-refractivity contribution in [2.24, 2.45) is 5.92 Å². The highest BCUT2D eigenvalue weighted by atomic mass is 16.6. The summed E-state index contributed by atoms with van der Waals surface area (Å²) in [6.45, 7) is 6.22. The Labute approximate surface area is 160 Å². The molecule has 5 fully saturated rings. The monoisotopic (exact) mass is 369 g/mol. The molecule has 0 spiro atoms. The summed E-state index contributed by atoms with van der Waals surface area (Å²) in [5.41, 5.74) is 2.60. The van der Waals surface area contributed by atoms with Crippen molar-refractivity contribution >= 4 is 12.0 Å². The summed E-state index contributed by atoms with van der Waals surface area (Å²) in [5.74, 6) is 1.02. The van der Waals surface area contributed by atoms with Gasteiger partial charge in [-0.25, -0.2) is 4.79 Å². The number of carbonyl (C=O) groups is 2. The van der Waals surface area contributed by atoms with E-state index in [1.54, 1.807) is 0 Å². The van der Waals surface area contributed by atoms with Crippen molar-refractivity contribution in [3.05, 3.63) is 35.4 Å². The number of hydrogen-bond donors (Lipinski definition) is 0. The van der Waals surface area contributed by atoms with E-state index in [0.717, 1.165) is 19.6 Å². The number of likely N-dealkylation sites (tertiary alicyclic amines) is 1. The van der Waals surface area contributed by atoms with Gasteiger partial charge in [-0.3, -0.25) is 14.6 Å². The van der Waals surface area contributed by atoms with Crippen LogP contribution in [0.15, 0.2) is 24.3 Å². The van der Waals surface area contributed by atoms with E-state index >= 15 is 0 Å². The molecule has 6 rings (SSSR count). The van der Waals surface area contributed by atoms with Crippen molar-refractivity contribution in [2.75, 3.05) is 39.3 Å². The summed E-state index contributed by atoms with van der Waals surface area (Å²) in [5, 5.41) is 0. The fourth-order valence-electron chi connectivity index (χ4n) is 5.63. The summed E-state index contributed by atoms with van der Waals surface area (Å²) >= 11 is 0. The molecule has 3 atom stereocenters. The van der Waals surface area contributed by atoms with E-state index in [2.05, 4.69) is 41.0 Å². The number of nitrogens with zero attached hydrogens (tertiary/aromatic N) is 3. The maximum absolute atomic E-state index is 13.2. The van der Waals surface area contributed by atoms with Gasteiger partial charge in [-0.05, 0) is 44.3 Å². The van der Waals surface area contributed by atoms with Gasteiger partial charge in [-0.15, -0.1) is 0 Å². The first kappa shape index (κ1) is 17.0. The van der Waals surface area contributed by atoms with Gasteiger partial charge in [0, 0.05) is 18.5 Å². The Bertz CT molecular complexity index is 742. The zero-order chi connectivity index (χ0) is 18.5. The minimum absolute atomic E-state index is 0.0761. The predicted molar refractivity (Wildman–Crippen MR) is 100 cm³/mol. The minimum Gasteiger partial charge on any atom is -0.448 e. The summed E-state index contributed by atoms with van der Waals surface area (Å²) in [6, 6.07) is 9.50. The van der Waals surface area contributed by atoms with E-state index in [1.807, 2.05) is 0 Å². The molecular formula is C21H27N3O3. The number of benzene rings is 1. The molecule has 5 aliphatic rings. The second kappa shape index (κ2) is 6.51. The predicted octanol–water partition coefficient (Wildman–Crippen LogP) is 1.84. The molecule has 0 radical (unpaired) electrons. The molecule has 6 heteroatoms. The highest BCUT2D eigenvalue weighted by Gasteiger charge is 2.54. The van der Waals surface area contributed by atoms with Gasteiger partial charge in [-0.1, -0.05) is 29.8 Å². The molecule has 6 nitrogen and oxygen atoms in total. The SMILES string of the molecule is Cc1ccc([C@H]2CN(C(=O)CN3CCOC3=O)[C@@H]3C4CCN(CC4)[C@H]23)cc1. The fraction of sp³-hybridized carbons (Fsp3) is 0.619. The first-order valence-corrected chi connectivity index (χ1v) is 10.1. The average molecular weight is 369 g/mol. The van der Waals surface area contributed by atoms with Crippen molar-refractivity contribution < 1.29 is 14.3 Å². The molecule has 0 aromatic heterocycles. The van der Waals surface area contributed by atoms with Crippen LogP contribution in [0, 0.1) is 12.8 Å². The molecule has 2 bridgehead atoms. The van der Waals surface area contributed by atoms with Gasteiger partial charge in [0.25, 0.3) is 0 Å². The molecule has 5 aliphatic heterocycles. The fourth-order valence-corrected chi connectivity index (χ4v) is 5.63. The van der Waals surface area contributed by atoms with E-state index in [9.17, 15) is 9.59 Å². The number of carbonyl (C=O) groups excluding carboxylic acids is 2. The Morgan fingerprint density at radius 1 is 1.11 bits per heavy atom. The Balaban J connectivity index is 1.42. The molecular weight excluding hydrogens is 342 g/mol. The molecule has 0 saturated carbocycles. The maximum atomic E-state index is 13.2. The highest BCUT2D eigenvalue weighted by Crippen LogP contribution is 2.46. The summed E-state index contributed by atoms with van der Waals surface area (Å²) in [6.07, 6.45) is 2.00. The number of hydrogen-bond acceptors (Lipinski definition) is 4. The first-order valence-electron chi connectivity index (χ1n) is 10.1. The van der Waals surface area contributed by atoms with Crippen LogP contribution in [0.25, 0.3) is 0 Å². The number of ether oxygens (including phenoxy) is 1. The molecule has 1 aromatic carbocycles. The van der Waals surface area contributed by atoms with Gasteiger partial charge in [0.1, 0.15) is 13.2 Å². The van der Waals surface area contributed by atoms with Crippen molar-refractivity contribution in [1.82, 2.24) is 14.7 Å². The van der Waals surface area contributed by atoms with Crippen LogP contribution >= 0.6 is 0 Å². The zero-order valence-corrected chi connectivity index (χ0v) is 15.8. The van der Waals surface area contributed by atoms with Gasteiger partial charge >= 0.3 is 6.09 Å². The van der Waals surface area contributed by atoms with Crippen molar-refractivity contribution in [1.29, 1.82) is 0 Å². The Hall–Kier alpha value is -2.08. The molecule has 1 aromatic rings. The number of piperidine rings is 3. The lowest BCUT2D eigenvalue weighted by molar-refractivity contribution is -0.136. The molecule has 144 valence electrons. The number of cyclic esters (lactones) is 1. The van der Waals surface area contributed by atoms with E-state index < -0.39 is 0 Å². The van der Waals surface area contributed by atoms with Crippen molar-refractivity contribution in [3.63, 3.8) is 0 Å². The largest absolute Gasteiger partial charge is 0.448 e. The van der Waals surface area contributed by atoms with Crippen molar-refractivity contribution in [2.45, 2.75) is 37.8 Å². The second-order valence-electron chi connectivity index (χ2n) is 8.45. The van der Waals surface area contributed by atoms with Crippen LogP contribution in [0.5, 0.6) is 0 Å². The number of amides is 2. The highest BCUT2D eigenvalue weighted by molar-refractivity contribution is 5.83. The first-order chi connectivity index (χ1) is 13.1. The molecule has 0 aliphatic carbocycles. The van der Waals surface area contributed by atoms with Gasteiger partial charge < -0.3 is 9.64 Å². The summed E-state index contributed by atoms with van der Waals surface area (Å²) in [7, 11) is 0. The molecule has 5 saturated heterocycles. The summed E-state index contributed by atoms with van der Waals surface area (Å²) in [4.78, 5) is 31.2. The van der Waals surface area contributed by atoms with Crippen LogP contribution in [0.1, 0.15) is 29.9 Å². The molecule has 0 unspecified atom stereocenters. The van der Waals surface area contributed by atoms with E-state index in [0.29, 0.717) is 31.0 Å². The molecule has 0 N–H and O–H groups in total. The second-order valence-corrected chi connectivity index (χ2v) is 8.45. The van der Waals surface area contributed by atoms with Gasteiger partial charge in [0.2, 0.25) is 5.91 Å². The van der Waals surface area contributed by atoms with E-state index in [1.165, 1.54) is 28.9 Å². The molecule has 27 heavy (non-hydrogen) atoms. The lowest BCUT2D eigenvalue weighted by Crippen LogP contribution is -2.61. The van der Waals surface area contributed by atoms with E-state index in [-0.39, 0.29) is 24.6 Å². The van der Waals surface area contributed by atoms with Gasteiger partial charge in [-0.2, -0.15) is 0 Å². The maximum Gasteiger partial charge on any atom is 0.410 e. The van der Waals surface area contributed by atoms with Crippen LogP contribution in [0.2, 0.25) is 0 Å². The zero-order valence-electron chi connectivity index (χ0n) is 15.8. The van der Waals surface area contributed by atoms with E-state index in [4.69, 9.17) is 4.74 Å². The lowest BCUT2D eigenvalue weighted by atomic mass is 9.75. The standard InChI is InChI=1S/C21H27N3O3/c1-14-2-4-15(5-3-14)17-12-24(18(25)13-23-10-11-27-21(23)26)19-16-6-8-22(9-7-16)20(17)19/h2-5,16-17,19-20H,6-13H2,1H3/t17-,19-,20-/m1/s1. The van der Waals surface area contributed by atoms with Crippen LogP contribution in [-0.4, -0.2) is 78.1 Å². The van der Waals surface area contributed by atoms with Gasteiger partial charge in [0.05, 0.1) is 12.6 Å². The number of aryl methyl sites for hydroxylation is 1. The Morgan fingerprint density at radius 2 is 1.85 bits per heavy atom. The normalized spacial score (nSPS) is 34.7. The van der Waals surface area contributed by atoms with Gasteiger partial charge in [0.15, 0.2) is 0 Å². The quantitative estimate of drug-likeness (QED) is 0.816. The smallest absolute Gasteiger partial charge is 0.410 e. The van der Waals surface area contributed by atoms with Crippen LogP contribution < -0.4 is 0 Å². The summed E-state index contributed by atoms with van der Waals surface area (Å²) < 4.78 is 4.99. The van der Waals surface area contributed by atoms with Crippen LogP contribution in [-0.2, 0) is 9.53 Å². The number of rotatable bonds is 3. The molecule has 2 amide bonds. The molecule has 5 heterocycles. The minimum atomic E-state index is -0.358. The average Bonchev–Trinajstić information content (AvgIpc) is 3.29. The number of fused-ring (bicyclic) bond motifs is 2. The third-order valence-corrected chi connectivity index (χ3v) is 6.99. The third kappa shape index (κ3) is 2.81. The Morgan fingerprint density at radius 3 is 2.52 bits per heavy atom.